The predicted octanol–water partition coefficient (Wildman–Crippen LogP) is -0.113. The van der Waals surface area contributed by atoms with E-state index in [4.69, 9.17) is 5.11 Å². The van der Waals surface area contributed by atoms with Crippen LogP contribution in [0.3, 0.4) is 0 Å². The van der Waals surface area contributed by atoms with Crippen LogP contribution in [0.5, 0.6) is 0 Å². The third-order valence-electron chi connectivity index (χ3n) is 1.67. The molecule has 1 atom stereocenters. The molecule has 0 aromatic heterocycles. The molecule has 0 spiro atoms. The fraction of sp³-hybridized carbons (Fsp3) is 0.250. The van der Waals surface area contributed by atoms with Gasteiger partial charge in [0.05, 0.1) is 5.57 Å². The molecular weight excluding hydrogens is 160 g/mol. The summed E-state index contributed by atoms with van der Waals surface area (Å²) in [6.07, 6.45) is 2.96. The van der Waals surface area contributed by atoms with E-state index in [1.807, 2.05) is 0 Å². The average molecular weight is 168 g/mol. The Kier molecular flexibility index (Phi) is 2.10. The van der Waals surface area contributed by atoms with E-state index in [0.29, 0.717) is 12.6 Å². The molecule has 0 aliphatic heterocycles. The number of aliphatic hydroxyl groups is 2. The first kappa shape index (κ1) is 8.67. The number of hydrogen-bond acceptors (Lipinski definition) is 4. The lowest BCUT2D eigenvalue weighted by Crippen LogP contribution is -2.30. The molecule has 1 aliphatic rings. The summed E-state index contributed by atoms with van der Waals surface area (Å²) in [5.41, 5.74) is -1.56. The minimum atomic E-state index is -1.66. The largest absolute Gasteiger partial charge is 0.511 e. The number of rotatable bonds is 2. The molecule has 1 unspecified atom stereocenters. The Morgan fingerprint density at radius 2 is 2.17 bits per heavy atom. The first-order chi connectivity index (χ1) is 5.61. The zero-order valence-electron chi connectivity index (χ0n) is 6.23. The number of carbonyl (C=O) groups excluding carboxylic acids is 2. The number of carbonyl (C=O) groups is 2. The predicted molar refractivity (Wildman–Crippen MR) is 40.5 cm³/mol. The molecule has 0 radical (unpaired) electrons. The summed E-state index contributed by atoms with van der Waals surface area (Å²) in [4.78, 5) is 20.5. The molecule has 0 heterocycles. The van der Waals surface area contributed by atoms with E-state index in [1.54, 1.807) is 0 Å². The molecule has 0 aromatic rings. The second-order valence-corrected chi connectivity index (χ2v) is 2.64. The van der Waals surface area contributed by atoms with Crippen molar-refractivity contribution in [3.63, 3.8) is 0 Å². The monoisotopic (exact) mass is 168 g/mol. The van der Waals surface area contributed by atoms with Gasteiger partial charge in [0.2, 0.25) is 0 Å². The fourth-order valence-corrected chi connectivity index (χ4v) is 0.948. The van der Waals surface area contributed by atoms with Gasteiger partial charge in [-0.15, -0.1) is 0 Å². The Hall–Kier alpha value is -1.42. The third-order valence-corrected chi connectivity index (χ3v) is 1.67. The van der Waals surface area contributed by atoms with Crippen LogP contribution in [0.25, 0.3) is 0 Å². The van der Waals surface area contributed by atoms with Gasteiger partial charge in [0, 0.05) is 6.42 Å². The maximum atomic E-state index is 10.3. The van der Waals surface area contributed by atoms with Crippen LogP contribution < -0.4 is 0 Å². The van der Waals surface area contributed by atoms with Gasteiger partial charge >= 0.3 is 0 Å². The van der Waals surface area contributed by atoms with Crippen molar-refractivity contribution in [3.05, 3.63) is 23.5 Å². The van der Waals surface area contributed by atoms with Crippen molar-refractivity contribution in [3.8, 4) is 0 Å². The van der Waals surface area contributed by atoms with Crippen LogP contribution in [0.1, 0.15) is 6.42 Å². The van der Waals surface area contributed by atoms with Crippen LogP contribution in [0.2, 0.25) is 0 Å². The molecule has 0 saturated carbocycles. The van der Waals surface area contributed by atoms with Crippen LogP contribution in [0.15, 0.2) is 23.5 Å². The Balaban J connectivity index is 2.95. The molecular formula is C8H8O4. The molecule has 0 aromatic carbocycles. The van der Waals surface area contributed by atoms with Crippen molar-refractivity contribution in [2.45, 2.75) is 12.0 Å². The standard InChI is InChI=1S/C8H8O4/c9-4-6-1-2-8(12,5-10)3-7(6)11/h1-2,4-5,11-12H,3H2. The summed E-state index contributed by atoms with van der Waals surface area (Å²) in [7, 11) is 0. The SMILES string of the molecule is O=CC1=C(O)CC(O)(C=O)C=C1. The molecule has 64 valence electrons. The van der Waals surface area contributed by atoms with E-state index >= 15 is 0 Å². The molecule has 2 N–H and O–H groups in total. The Morgan fingerprint density at radius 1 is 1.50 bits per heavy atom. The van der Waals surface area contributed by atoms with E-state index in [-0.39, 0.29) is 17.8 Å². The van der Waals surface area contributed by atoms with Gasteiger partial charge in [0.15, 0.2) is 12.6 Å². The number of aldehydes is 2. The summed E-state index contributed by atoms with van der Waals surface area (Å²) in [6, 6.07) is 0. The lowest BCUT2D eigenvalue weighted by Gasteiger charge is -2.20. The summed E-state index contributed by atoms with van der Waals surface area (Å²) in [5.74, 6) is -0.262. The fourth-order valence-electron chi connectivity index (χ4n) is 0.948. The average Bonchev–Trinajstić information content (AvgIpc) is 2.05. The second-order valence-electron chi connectivity index (χ2n) is 2.64. The lowest BCUT2D eigenvalue weighted by atomic mass is 9.92. The minimum Gasteiger partial charge on any atom is -0.511 e. The van der Waals surface area contributed by atoms with Crippen molar-refractivity contribution in [2.24, 2.45) is 0 Å². The van der Waals surface area contributed by atoms with Gasteiger partial charge in [-0.25, -0.2) is 0 Å². The zero-order chi connectivity index (χ0) is 9.19. The van der Waals surface area contributed by atoms with Gasteiger partial charge in [-0.2, -0.15) is 0 Å². The number of allylic oxidation sites excluding steroid dienone is 2. The highest BCUT2D eigenvalue weighted by atomic mass is 16.3. The van der Waals surface area contributed by atoms with Gasteiger partial charge in [-0.1, -0.05) is 0 Å². The molecule has 1 rings (SSSR count). The van der Waals surface area contributed by atoms with Crippen molar-refractivity contribution >= 4 is 12.6 Å². The van der Waals surface area contributed by atoms with E-state index < -0.39 is 5.60 Å². The third kappa shape index (κ3) is 1.43. The summed E-state index contributed by atoms with van der Waals surface area (Å²) in [6.45, 7) is 0. The first-order valence-electron chi connectivity index (χ1n) is 3.36. The molecule has 4 heteroatoms. The first-order valence-corrected chi connectivity index (χ1v) is 3.36. The van der Waals surface area contributed by atoms with Crippen molar-refractivity contribution < 1.29 is 19.8 Å². The van der Waals surface area contributed by atoms with Crippen molar-refractivity contribution in [1.82, 2.24) is 0 Å². The van der Waals surface area contributed by atoms with E-state index in [0.717, 1.165) is 0 Å². The van der Waals surface area contributed by atoms with Gasteiger partial charge in [-0.3, -0.25) is 9.59 Å². The maximum Gasteiger partial charge on any atom is 0.155 e. The Labute approximate surface area is 68.8 Å². The van der Waals surface area contributed by atoms with Crippen molar-refractivity contribution in [1.29, 1.82) is 0 Å². The van der Waals surface area contributed by atoms with Crippen LogP contribution in [-0.4, -0.2) is 28.4 Å². The summed E-state index contributed by atoms with van der Waals surface area (Å²) < 4.78 is 0. The van der Waals surface area contributed by atoms with Crippen molar-refractivity contribution in [2.75, 3.05) is 0 Å². The molecule has 0 saturated heterocycles. The van der Waals surface area contributed by atoms with Gasteiger partial charge in [0.1, 0.15) is 11.4 Å². The quantitative estimate of drug-likeness (QED) is 0.564. The molecule has 0 bridgehead atoms. The van der Waals surface area contributed by atoms with Crippen LogP contribution >= 0.6 is 0 Å². The van der Waals surface area contributed by atoms with E-state index in [2.05, 4.69) is 0 Å². The van der Waals surface area contributed by atoms with Gasteiger partial charge in [-0.05, 0) is 12.2 Å². The Bertz CT molecular complexity index is 277. The normalized spacial score (nSPS) is 28.8. The topological polar surface area (TPSA) is 74.6 Å². The second kappa shape index (κ2) is 2.91. The molecule has 4 nitrogen and oxygen atoms in total. The van der Waals surface area contributed by atoms with E-state index in [9.17, 15) is 14.7 Å². The molecule has 0 fully saturated rings. The summed E-state index contributed by atoms with van der Waals surface area (Å²) in [5, 5.41) is 18.4. The van der Waals surface area contributed by atoms with Crippen LogP contribution in [-0.2, 0) is 9.59 Å². The lowest BCUT2D eigenvalue weighted by molar-refractivity contribution is -0.120. The van der Waals surface area contributed by atoms with Gasteiger partial charge in [0.25, 0.3) is 0 Å². The van der Waals surface area contributed by atoms with E-state index in [1.165, 1.54) is 12.2 Å². The highest BCUT2D eigenvalue weighted by Gasteiger charge is 2.28. The minimum absolute atomic E-state index is 0.0986. The highest BCUT2D eigenvalue weighted by Crippen LogP contribution is 2.22. The highest BCUT2D eigenvalue weighted by molar-refractivity contribution is 5.81. The number of aliphatic hydroxyl groups excluding tert-OH is 1. The van der Waals surface area contributed by atoms with Crippen LogP contribution in [0.4, 0.5) is 0 Å². The zero-order valence-corrected chi connectivity index (χ0v) is 6.23. The molecule has 12 heavy (non-hydrogen) atoms. The van der Waals surface area contributed by atoms with Crippen LogP contribution in [0, 0.1) is 0 Å². The maximum absolute atomic E-state index is 10.3. The van der Waals surface area contributed by atoms with Gasteiger partial charge < -0.3 is 10.2 Å². The smallest absolute Gasteiger partial charge is 0.155 e. The molecule has 1 aliphatic carbocycles. The summed E-state index contributed by atoms with van der Waals surface area (Å²) >= 11 is 0. The molecule has 0 amide bonds. The number of hydrogen-bond donors (Lipinski definition) is 2. The Morgan fingerprint density at radius 3 is 2.58 bits per heavy atom.